The third-order valence-corrected chi connectivity index (χ3v) is 4.86. The Kier molecular flexibility index (Phi) is 5.67. The van der Waals surface area contributed by atoms with E-state index in [1.54, 1.807) is 0 Å². The highest BCUT2D eigenvalue weighted by atomic mass is 35.5. The lowest BCUT2D eigenvalue weighted by atomic mass is 10.2. The van der Waals surface area contributed by atoms with Crippen molar-refractivity contribution < 1.29 is 4.21 Å². The van der Waals surface area contributed by atoms with E-state index in [-0.39, 0.29) is 0 Å². The number of benzene rings is 1. The third-order valence-electron chi connectivity index (χ3n) is 3.29. The second-order valence-electron chi connectivity index (χ2n) is 4.80. The highest BCUT2D eigenvalue weighted by molar-refractivity contribution is 7.85. The van der Waals surface area contributed by atoms with Crippen LogP contribution in [-0.4, -0.2) is 35.3 Å². The molecule has 0 spiro atoms. The van der Waals surface area contributed by atoms with Crippen LogP contribution in [0.3, 0.4) is 0 Å². The van der Waals surface area contributed by atoms with Gasteiger partial charge in [0.1, 0.15) is 0 Å². The van der Waals surface area contributed by atoms with E-state index in [0.29, 0.717) is 0 Å². The summed E-state index contributed by atoms with van der Waals surface area (Å²) in [5.41, 5.74) is 2.28. The topological polar surface area (TPSA) is 32.3 Å². The largest absolute Gasteiger partial charge is 0.368 e. The fraction of sp³-hybridized carbons (Fsp3) is 0.571. The molecular weight excluding hydrogens is 280 g/mol. The fourth-order valence-corrected chi connectivity index (χ4v) is 3.58. The minimum atomic E-state index is -0.646. The van der Waals surface area contributed by atoms with E-state index in [0.717, 1.165) is 54.8 Å². The van der Waals surface area contributed by atoms with Crippen molar-refractivity contribution in [2.75, 3.05) is 36.0 Å². The maximum Gasteiger partial charge on any atom is 0.0642 e. The summed E-state index contributed by atoms with van der Waals surface area (Å²) in [6.07, 6.45) is 1.14. The molecule has 0 aromatic heterocycles. The van der Waals surface area contributed by atoms with Gasteiger partial charge >= 0.3 is 0 Å². The maximum atomic E-state index is 11.4. The van der Waals surface area contributed by atoms with Crippen molar-refractivity contribution in [1.82, 2.24) is 5.32 Å². The Morgan fingerprint density at radius 1 is 1.37 bits per heavy atom. The number of nitrogens with zero attached hydrogens (tertiary/aromatic N) is 1. The van der Waals surface area contributed by atoms with Crippen LogP contribution in [0.5, 0.6) is 0 Å². The van der Waals surface area contributed by atoms with Crippen LogP contribution in [0.4, 0.5) is 5.69 Å². The molecule has 3 nitrogen and oxygen atoms in total. The first kappa shape index (κ1) is 14.8. The van der Waals surface area contributed by atoms with Gasteiger partial charge in [-0.15, -0.1) is 0 Å². The molecule has 0 radical (unpaired) electrons. The van der Waals surface area contributed by atoms with Gasteiger partial charge in [0, 0.05) is 41.9 Å². The van der Waals surface area contributed by atoms with Gasteiger partial charge in [-0.25, -0.2) is 0 Å². The molecule has 1 aliphatic heterocycles. The molecule has 1 fully saturated rings. The van der Waals surface area contributed by atoms with Crippen LogP contribution >= 0.6 is 11.6 Å². The molecule has 1 saturated heterocycles. The van der Waals surface area contributed by atoms with E-state index in [1.165, 1.54) is 5.56 Å². The summed E-state index contributed by atoms with van der Waals surface area (Å²) in [4.78, 5) is 2.23. The van der Waals surface area contributed by atoms with Crippen molar-refractivity contribution in [3.63, 3.8) is 0 Å². The van der Waals surface area contributed by atoms with Gasteiger partial charge in [0.25, 0.3) is 0 Å². The normalized spacial score (nSPS) is 16.8. The molecule has 0 atom stereocenters. The number of hydrogen-bond donors (Lipinski definition) is 1. The molecule has 0 amide bonds. The number of halogens is 1. The molecule has 106 valence electrons. The van der Waals surface area contributed by atoms with Gasteiger partial charge in [-0.3, -0.25) is 4.21 Å². The van der Waals surface area contributed by atoms with Crippen LogP contribution in [0.1, 0.15) is 18.9 Å². The molecule has 1 aliphatic rings. The van der Waals surface area contributed by atoms with E-state index in [9.17, 15) is 4.21 Å². The Balaban J connectivity index is 2.00. The summed E-state index contributed by atoms with van der Waals surface area (Å²) in [6, 6.07) is 6.24. The molecule has 0 aliphatic carbocycles. The molecule has 5 heteroatoms. The SMILES string of the molecule is CCCNCc1ccc(N2CCS(=O)CC2)c(Cl)c1. The summed E-state index contributed by atoms with van der Waals surface area (Å²) in [5, 5.41) is 4.17. The Morgan fingerprint density at radius 2 is 2.11 bits per heavy atom. The lowest BCUT2D eigenvalue weighted by molar-refractivity contribution is 0.672. The average molecular weight is 301 g/mol. The standard InChI is InChI=1S/C14H21ClN2OS/c1-2-5-16-11-12-3-4-14(13(15)10-12)17-6-8-19(18)9-7-17/h3-4,10,16H,2,5-9,11H2,1H3. The first-order valence-corrected chi connectivity index (χ1v) is 8.66. The van der Waals surface area contributed by atoms with Gasteiger partial charge in [0.2, 0.25) is 0 Å². The minimum absolute atomic E-state index is 0.646. The van der Waals surface area contributed by atoms with Gasteiger partial charge < -0.3 is 10.2 Å². The molecule has 1 heterocycles. The van der Waals surface area contributed by atoms with E-state index < -0.39 is 10.8 Å². The van der Waals surface area contributed by atoms with E-state index in [1.807, 2.05) is 6.07 Å². The highest BCUT2D eigenvalue weighted by Gasteiger charge is 2.17. The predicted octanol–water partition coefficient (Wildman–Crippen LogP) is 2.41. The number of rotatable bonds is 5. The zero-order valence-electron chi connectivity index (χ0n) is 11.3. The predicted molar refractivity (Wildman–Crippen MR) is 83.5 cm³/mol. The Labute approximate surface area is 122 Å². The summed E-state index contributed by atoms with van der Waals surface area (Å²) < 4.78 is 11.4. The van der Waals surface area contributed by atoms with Gasteiger partial charge in [-0.1, -0.05) is 24.6 Å². The first-order chi connectivity index (χ1) is 9.20. The van der Waals surface area contributed by atoms with Crippen LogP contribution in [0.25, 0.3) is 0 Å². The lowest BCUT2D eigenvalue weighted by Crippen LogP contribution is -2.37. The van der Waals surface area contributed by atoms with Gasteiger partial charge in [0.15, 0.2) is 0 Å². The molecule has 1 aromatic carbocycles. The molecule has 1 aromatic rings. The highest BCUT2D eigenvalue weighted by Crippen LogP contribution is 2.27. The fourth-order valence-electron chi connectivity index (χ4n) is 2.21. The van der Waals surface area contributed by atoms with Crippen molar-refractivity contribution >= 4 is 28.1 Å². The van der Waals surface area contributed by atoms with Gasteiger partial charge in [-0.05, 0) is 30.7 Å². The van der Waals surface area contributed by atoms with Crippen molar-refractivity contribution in [3.05, 3.63) is 28.8 Å². The third kappa shape index (κ3) is 4.20. The van der Waals surface area contributed by atoms with Gasteiger partial charge in [0.05, 0.1) is 10.7 Å². The summed E-state index contributed by atoms with van der Waals surface area (Å²) in [5.74, 6) is 1.49. The zero-order valence-corrected chi connectivity index (χ0v) is 12.9. The molecule has 0 bridgehead atoms. The van der Waals surface area contributed by atoms with Crippen molar-refractivity contribution in [2.45, 2.75) is 19.9 Å². The van der Waals surface area contributed by atoms with Crippen molar-refractivity contribution in [3.8, 4) is 0 Å². The van der Waals surface area contributed by atoms with Crippen LogP contribution in [0, 0.1) is 0 Å². The van der Waals surface area contributed by atoms with Crippen LogP contribution in [-0.2, 0) is 17.3 Å². The van der Waals surface area contributed by atoms with Crippen LogP contribution in [0.15, 0.2) is 18.2 Å². The summed E-state index contributed by atoms with van der Waals surface area (Å²) in [6.45, 7) is 5.71. The van der Waals surface area contributed by atoms with E-state index >= 15 is 0 Å². The Morgan fingerprint density at radius 3 is 2.74 bits per heavy atom. The Hall–Kier alpha value is -0.580. The summed E-state index contributed by atoms with van der Waals surface area (Å²) >= 11 is 6.37. The number of hydrogen-bond acceptors (Lipinski definition) is 3. The van der Waals surface area contributed by atoms with Crippen LogP contribution < -0.4 is 10.2 Å². The molecule has 19 heavy (non-hydrogen) atoms. The zero-order chi connectivity index (χ0) is 13.7. The number of nitrogens with one attached hydrogen (secondary N) is 1. The first-order valence-electron chi connectivity index (χ1n) is 6.79. The van der Waals surface area contributed by atoms with E-state index in [4.69, 9.17) is 11.6 Å². The van der Waals surface area contributed by atoms with Crippen molar-refractivity contribution in [1.29, 1.82) is 0 Å². The average Bonchev–Trinajstić information content (AvgIpc) is 2.41. The second kappa shape index (κ2) is 7.27. The second-order valence-corrected chi connectivity index (χ2v) is 6.90. The van der Waals surface area contributed by atoms with Crippen LogP contribution in [0.2, 0.25) is 5.02 Å². The van der Waals surface area contributed by atoms with E-state index in [2.05, 4.69) is 29.3 Å². The number of anilines is 1. The molecule has 0 unspecified atom stereocenters. The lowest BCUT2D eigenvalue weighted by Gasteiger charge is -2.29. The quantitative estimate of drug-likeness (QED) is 0.848. The van der Waals surface area contributed by atoms with Crippen molar-refractivity contribution in [2.24, 2.45) is 0 Å². The molecule has 0 saturated carbocycles. The molecule has 1 N–H and O–H groups in total. The monoisotopic (exact) mass is 300 g/mol. The van der Waals surface area contributed by atoms with Gasteiger partial charge in [-0.2, -0.15) is 0 Å². The molecule has 2 rings (SSSR count). The summed E-state index contributed by atoms with van der Waals surface area (Å²) in [7, 11) is -0.646. The maximum absolute atomic E-state index is 11.4. The smallest absolute Gasteiger partial charge is 0.0642 e. The Bertz CT molecular complexity index is 443. The molecular formula is C14H21ClN2OS. The minimum Gasteiger partial charge on any atom is -0.368 e.